The van der Waals surface area contributed by atoms with Gasteiger partial charge in [-0.15, -0.1) is 0 Å². The van der Waals surface area contributed by atoms with Crippen molar-refractivity contribution >= 4 is 11.0 Å². The quantitative estimate of drug-likeness (QED) is 0.596. The molecular formula is C14H13N2O+. The van der Waals surface area contributed by atoms with Gasteiger partial charge in [-0.25, -0.2) is 0 Å². The first kappa shape index (κ1) is 10.0. The Kier molecular flexibility index (Phi) is 2.18. The molecule has 0 amide bonds. The Labute approximate surface area is 99.3 Å². The van der Waals surface area contributed by atoms with E-state index in [1.807, 2.05) is 36.1 Å². The van der Waals surface area contributed by atoms with E-state index in [1.54, 1.807) is 6.26 Å². The summed E-state index contributed by atoms with van der Waals surface area (Å²) in [7, 11) is 1.93. The lowest BCUT2D eigenvalue weighted by Gasteiger charge is -2.02. The third kappa shape index (κ3) is 1.51. The van der Waals surface area contributed by atoms with Crippen LogP contribution >= 0.6 is 0 Å². The minimum absolute atomic E-state index is 0.886. The molecular weight excluding hydrogens is 212 g/mol. The van der Waals surface area contributed by atoms with Crippen molar-refractivity contribution in [1.82, 2.24) is 5.10 Å². The zero-order chi connectivity index (χ0) is 11.8. The Balaban J connectivity index is 2.40. The smallest absolute Gasteiger partial charge is 0.281 e. The molecule has 0 fully saturated rings. The van der Waals surface area contributed by atoms with Crippen molar-refractivity contribution in [1.29, 1.82) is 0 Å². The van der Waals surface area contributed by atoms with Crippen LogP contribution in [0, 0.1) is 6.92 Å². The van der Waals surface area contributed by atoms with E-state index in [0.717, 1.165) is 22.2 Å². The summed E-state index contributed by atoms with van der Waals surface area (Å²) in [5, 5.41) is 5.38. The van der Waals surface area contributed by atoms with Crippen molar-refractivity contribution in [2.45, 2.75) is 6.92 Å². The Bertz CT molecular complexity index is 686. The number of furan rings is 1. The third-order valence-electron chi connectivity index (χ3n) is 3.00. The van der Waals surface area contributed by atoms with Gasteiger partial charge in [-0.05, 0) is 29.7 Å². The number of hydrogen-bond acceptors (Lipinski definition) is 2. The van der Waals surface area contributed by atoms with Crippen molar-refractivity contribution in [3.05, 3.63) is 48.4 Å². The van der Waals surface area contributed by atoms with Gasteiger partial charge < -0.3 is 4.42 Å². The highest BCUT2D eigenvalue weighted by Crippen LogP contribution is 2.27. The maximum Gasteiger partial charge on any atom is 0.281 e. The maximum atomic E-state index is 5.58. The number of benzene rings is 1. The van der Waals surface area contributed by atoms with E-state index >= 15 is 0 Å². The van der Waals surface area contributed by atoms with E-state index in [2.05, 4.69) is 24.2 Å². The molecule has 3 nitrogen and oxygen atoms in total. The van der Waals surface area contributed by atoms with Gasteiger partial charge in [0, 0.05) is 0 Å². The zero-order valence-electron chi connectivity index (χ0n) is 9.84. The van der Waals surface area contributed by atoms with Crippen LogP contribution in [0.1, 0.15) is 5.56 Å². The van der Waals surface area contributed by atoms with Crippen LogP contribution in [0.5, 0.6) is 0 Å². The molecule has 0 spiro atoms. The average molecular weight is 225 g/mol. The monoisotopic (exact) mass is 225 g/mol. The van der Waals surface area contributed by atoms with Crippen molar-refractivity contribution in [3.63, 3.8) is 0 Å². The molecule has 3 heteroatoms. The number of aromatic nitrogens is 2. The summed E-state index contributed by atoms with van der Waals surface area (Å²) in [4.78, 5) is 0. The molecule has 2 heterocycles. The summed E-state index contributed by atoms with van der Waals surface area (Å²) in [6.45, 7) is 2.09. The molecule has 3 rings (SSSR count). The van der Waals surface area contributed by atoms with Gasteiger partial charge in [0.1, 0.15) is 6.20 Å². The molecule has 0 atom stereocenters. The molecule has 0 saturated heterocycles. The summed E-state index contributed by atoms with van der Waals surface area (Å²) in [6.07, 6.45) is 3.52. The van der Waals surface area contributed by atoms with Crippen LogP contribution in [-0.4, -0.2) is 5.10 Å². The van der Waals surface area contributed by atoms with Crippen LogP contribution in [0.25, 0.3) is 22.2 Å². The van der Waals surface area contributed by atoms with Crippen LogP contribution in [0.15, 0.2) is 47.2 Å². The first-order valence-electron chi connectivity index (χ1n) is 5.56. The van der Waals surface area contributed by atoms with E-state index in [9.17, 15) is 0 Å². The average Bonchev–Trinajstić information content (AvgIpc) is 2.79. The SMILES string of the molecule is Cc1ccccc1-c1c2occc2cn[n+]1C. The van der Waals surface area contributed by atoms with Gasteiger partial charge in [-0.3, -0.25) is 0 Å². The number of fused-ring (bicyclic) bond motifs is 1. The second kappa shape index (κ2) is 3.70. The van der Waals surface area contributed by atoms with E-state index in [0.29, 0.717) is 0 Å². The van der Waals surface area contributed by atoms with E-state index in [4.69, 9.17) is 4.42 Å². The zero-order valence-corrected chi connectivity index (χ0v) is 9.84. The summed E-state index contributed by atoms with van der Waals surface area (Å²) < 4.78 is 7.43. The van der Waals surface area contributed by atoms with Crippen LogP contribution in [0.3, 0.4) is 0 Å². The van der Waals surface area contributed by atoms with Crippen molar-refractivity contribution < 1.29 is 9.10 Å². The molecule has 0 N–H and O–H groups in total. The predicted molar refractivity (Wildman–Crippen MR) is 65.4 cm³/mol. The van der Waals surface area contributed by atoms with Gasteiger partial charge in [0.15, 0.2) is 7.05 Å². The number of rotatable bonds is 1. The molecule has 2 aromatic heterocycles. The van der Waals surface area contributed by atoms with Crippen LogP contribution in [0.2, 0.25) is 0 Å². The van der Waals surface area contributed by atoms with Crippen LogP contribution in [0.4, 0.5) is 0 Å². The summed E-state index contributed by atoms with van der Waals surface area (Å²) in [5.41, 5.74) is 4.28. The molecule has 0 aliphatic carbocycles. The molecule has 3 aromatic rings. The Morgan fingerprint density at radius 2 is 2.00 bits per heavy atom. The van der Waals surface area contributed by atoms with Gasteiger partial charge in [-0.2, -0.15) is 0 Å². The molecule has 1 aromatic carbocycles. The maximum absolute atomic E-state index is 5.58. The lowest BCUT2D eigenvalue weighted by Crippen LogP contribution is -2.35. The van der Waals surface area contributed by atoms with Crippen molar-refractivity contribution in [2.24, 2.45) is 7.05 Å². The highest BCUT2D eigenvalue weighted by molar-refractivity contribution is 5.88. The second-order valence-electron chi connectivity index (χ2n) is 4.14. The first-order valence-corrected chi connectivity index (χ1v) is 5.56. The fraction of sp³-hybridized carbons (Fsp3) is 0.143. The summed E-state index contributed by atoms with van der Waals surface area (Å²) in [5.74, 6) is 0. The normalized spacial score (nSPS) is 10.9. The van der Waals surface area contributed by atoms with Crippen molar-refractivity contribution in [2.75, 3.05) is 0 Å². The highest BCUT2D eigenvalue weighted by atomic mass is 16.3. The fourth-order valence-electron chi connectivity index (χ4n) is 2.10. The number of hydrogen-bond donors (Lipinski definition) is 0. The fourth-order valence-corrected chi connectivity index (χ4v) is 2.10. The largest absolute Gasteiger partial charge is 0.457 e. The lowest BCUT2D eigenvalue weighted by molar-refractivity contribution is -0.719. The Morgan fingerprint density at radius 1 is 1.18 bits per heavy atom. The third-order valence-corrected chi connectivity index (χ3v) is 3.00. The second-order valence-corrected chi connectivity index (χ2v) is 4.14. The van der Waals surface area contributed by atoms with Gasteiger partial charge in [-0.1, -0.05) is 22.9 Å². The van der Waals surface area contributed by atoms with E-state index in [1.165, 1.54) is 5.56 Å². The van der Waals surface area contributed by atoms with E-state index in [-0.39, 0.29) is 0 Å². The Hall–Kier alpha value is -2.16. The van der Waals surface area contributed by atoms with Crippen molar-refractivity contribution in [3.8, 4) is 11.3 Å². The van der Waals surface area contributed by atoms with Gasteiger partial charge in [0.2, 0.25) is 5.58 Å². The summed E-state index contributed by atoms with van der Waals surface area (Å²) in [6, 6.07) is 10.2. The van der Waals surface area contributed by atoms with Gasteiger partial charge in [0.05, 0.1) is 17.2 Å². The van der Waals surface area contributed by atoms with Crippen LogP contribution in [-0.2, 0) is 7.05 Å². The van der Waals surface area contributed by atoms with Gasteiger partial charge in [0.25, 0.3) is 5.69 Å². The molecule has 0 unspecified atom stereocenters. The molecule has 0 saturated carbocycles. The molecule has 84 valence electrons. The van der Waals surface area contributed by atoms with Gasteiger partial charge >= 0.3 is 0 Å². The van der Waals surface area contributed by atoms with E-state index < -0.39 is 0 Å². The predicted octanol–water partition coefficient (Wildman–Crippen LogP) is 2.63. The molecule has 0 radical (unpaired) electrons. The summed E-state index contributed by atoms with van der Waals surface area (Å²) >= 11 is 0. The van der Waals surface area contributed by atoms with Crippen LogP contribution < -0.4 is 4.68 Å². The number of nitrogens with zero attached hydrogens (tertiary/aromatic N) is 2. The highest BCUT2D eigenvalue weighted by Gasteiger charge is 2.20. The number of aryl methyl sites for hydroxylation is 2. The minimum Gasteiger partial charge on any atom is -0.457 e. The molecule has 0 aliphatic heterocycles. The first-order chi connectivity index (χ1) is 8.27. The molecule has 17 heavy (non-hydrogen) atoms. The minimum atomic E-state index is 0.886. The lowest BCUT2D eigenvalue weighted by atomic mass is 10.0. The molecule has 0 bridgehead atoms. The Morgan fingerprint density at radius 3 is 2.82 bits per heavy atom. The topological polar surface area (TPSA) is 29.9 Å². The standard InChI is InChI=1S/C14H13N2O/c1-10-5-3-4-6-12(10)13-14-11(7-8-17-14)9-15-16(13)2/h3-9H,1-2H3/q+1. The molecule has 0 aliphatic rings.